The van der Waals surface area contributed by atoms with Crippen LogP contribution in [0.5, 0.6) is 11.5 Å². The van der Waals surface area contributed by atoms with Crippen molar-refractivity contribution < 1.29 is 14.3 Å². The molecular formula is C22H26ClNO3. The van der Waals surface area contributed by atoms with E-state index in [0.29, 0.717) is 23.6 Å². The largest absolute Gasteiger partial charge is 0.487 e. The molecule has 0 saturated heterocycles. The third-order valence-electron chi connectivity index (χ3n) is 4.68. The standard InChI is InChI=1S/C22H26ClNO3/c1-5-19(26-16-8-6-7-15(23)12-16)21(25)24-18-13-22(3,4)27-20-10-9-14(2)11-17(18)20/h6-12,18-19H,5,13H2,1-4H3,(H,24,25)/t18-,19-/m0/s1. The number of carbonyl (C=O) groups is 1. The van der Waals surface area contributed by atoms with E-state index >= 15 is 0 Å². The van der Waals surface area contributed by atoms with Crippen LogP contribution in [0.2, 0.25) is 5.02 Å². The summed E-state index contributed by atoms with van der Waals surface area (Å²) in [7, 11) is 0. The molecule has 0 fully saturated rings. The van der Waals surface area contributed by atoms with Crippen molar-refractivity contribution in [3.8, 4) is 11.5 Å². The maximum Gasteiger partial charge on any atom is 0.261 e. The van der Waals surface area contributed by atoms with Crippen molar-refractivity contribution in [1.29, 1.82) is 0 Å². The van der Waals surface area contributed by atoms with E-state index in [4.69, 9.17) is 21.1 Å². The van der Waals surface area contributed by atoms with Gasteiger partial charge in [0, 0.05) is 17.0 Å². The van der Waals surface area contributed by atoms with Gasteiger partial charge in [-0.3, -0.25) is 4.79 Å². The summed E-state index contributed by atoms with van der Waals surface area (Å²) >= 11 is 6.01. The molecule has 2 aromatic carbocycles. The molecule has 1 N–H and O–H groups in total. The van der Waals surface area contributed by atoms with Crippen LogP contribution in [0.15, 0.2) is 42.5 Å². The van der Waals surface area contributed by atoms with Crippen molar-refractivity contribution in [3.05, 3.63) is 58.6 Å². The number of hydrogen-bond acceptors (Lipinski definition) is 3. The second-order valence-corrected chi connectivity index (χ2v) is 8.08. The van der Waals surface area contributed by atoms with E-state index in [2.05, 4.69) is 11.4 Å². The van der Waals surface area contributed by atoms with Crippen LogP contribution < -0.4 is 14.8 Å². The van der Waals surface area contributed by atoms with Crippen molar-refractivity contribution in [3.63, 3.8) is 0 Å². The van der Waals surface area contributed by atoms with Gasteiger partial charge < -0.3 is 14.8 Å². The third-order valence-corrected chi connectivity index (χ3v) is 4.91. The molecule has 1 aliphatic rings. The lowest BCUT2D eigenvalue weighted by Gasteiger charge is -2.38. The van der Waals surface area contributed by atoms with Gasteiger partial charge in [0.15, 0.2) is 6.10 Å². The van der Waals surface area contributed by atoms with Crippen LogP contribution in [-0.4, -0.2) is 17.6 Å². The highest BCUT2D eigenvalue weighted by Crippen LogP contribution is 2.40. The average molecular weight is 388 g/mol. The van der Waals surface area contributed by atoms with Crippen LogP contribution in [0.25, 0.3) is 0 Å². The Hall–Kier alpha value is -2.20. The molecule has 1 heterocycles. The SMILES string of the molecule is CC[C@H](Oc1cccc(Cl)c1)C(=O)N[C@H]1CC(C)(C)Oc2ccc(C)cc21. The quantitative estimate of drug-likeness (QED) is 0.764. The molecule has 0 bridgehead atoms. The highest BCUT2D eigenvalue weighted by Gasteiger charge is 2.35. The minimum atomic E-state index is -0.581. The molecule has 2 aromatic rings. The van der Waals surface area contributed by atoms with Crippen LogP contribution in [0.3, 0.4) is 0 Å². The van der Waals surface area contributed by atoms with Gasteiger partial charge in [-0.2, -0.15) is 0 Å². The van der Waals surface area contributed by atoms with Gasteiger partial charge in [0.2, 0.25) is 0 Å². The Morgan fingerprint density at radius 3 is 2.81 bits per heavy atom. The molecule has 0 saturated carbocycles. The number of hydrogen-bond donors (Lipinski definition) is 1. The zero-order chi connectivity index (χ0) is 19.6. The summed E-state index contributed by atoms with van der Waals surface area (Å²) < 4.78 is 12.0. The zero-order valence-electron chi connectivity index (χ0n) is 16.2. The predicted octanol–water partition coefficient (Wildman–Crippen LogP) is 5.22. The summed E-state index contributed by atoms with van der Waals surface area (Å²) in [6.07, 6.45) is 0.678. The first-order chi connectivity index (χ1) is 12.8. The fourth-order valence-corrected chi connectivity index (χ4v) is 3.57. The summed E-state index contributed by atoms with van der Waals surface area (Å²) in [5, 5.41) is 3.75. The number of amides is 1. The maximum absolute atomic E-state index is 12.9. The van der Waals surface area contributed by atoms with Crippen LogP contribution in [0.4, 0.5) is 0 Å². The molecule has 0 aromatic heterocycles. The Balaban J connectivity index is 1.78. The number of nitrogens with one attached hydrogen (secondary N) is 1. The predicted molar refractivity (Wildman–Crippen MR) is 108 cm³/mol. The third kappa shape index (κ3) is 4.75. The first-order valence-corrected chi connectivity index (χ1v) is 9.67. The van der Waals surface area contributed by atoms with Crippen molar-refractivity contribution in [2.45, 2.75) is 58.3 Å². The van der Waals surface area contributed by atoms with Crippen LogP contribution in [0, 0.1) is 6.92 Å². The van der Waals surface area contributed by atoms with Crippen molar-refractivity contribution in [2.75, 3.05) is 0 Å². The van der Waals surface area contributed by atoms with Gasteiger partial charge in [0.25, 0.3) is 5.91 Å². The molecule has 1 aliphatic heterocycles. The van der Waals surface area contributed by atoms with Gasteiger partial charge in [-0.05, 0) is 51.5 Å². The molecule has 4 nitrogen and oxygen atoms in total. The van der Waals surface area contributed by atoms with Crippen LogP contribution in [0.1, 0.15) is 50.8 Å². The number of ether oxygens (including phenoxy) is 2. The normalized spacial score (nSPS) is 18.8. The fourth-order valence-electron chi connectivity index (χ4n) is 3.39. The summed E-state index contributed by atoms with van der Waals surface area (Å²) in [6.45, 7) is 8.04. The number of halogens is 1. The smallest absolute Gasteiger partial charge is 0.261 e. The van der Waals surface area contributed by atoms with Crippen molar-refractivity contribution >= 4 is 17.5 Å². The molecule has 0 radical (unpaired) electrons. The van der Waals surface area contributed by atoms with E-state index in [9.17, 15) is 4.79 Å². The minimum Gasteiger partial charge on any atom is -0.487 e. The number of aryl methyl sites for hydroxylation is 1. The Bertz CT molecular complexity index is 834. The molecule has 0 unspecified atom stereocenters. The van der Waals surface area contributed by atoms with E-state index in [1.165, 1.54) is 0 Å². The topological polar surface area (TPSA) is 47.6 Å². The van der Waals surface area contributed by atoms with Crippen molar-refractivity contribution in [1.82, 2.24) is 5.32 Å². The molecule has 1 amide bonds. The lowest BCUT2D eigenvalue weighted by Crippen LogP contribution is -2.45. The molecule has 2 atom stereocenters. The summed E-state index contributed by atoms with van der Waals surface area (Å²) in [6, 6.07) is 13.1. The van der Waals surface area contributed by atoms with Crippen LogP contribution >= 0.6 is 11.6 Å². The maximum atomic E-state index is 12.9. The number of benzene rings is 2. The number of rotatable bonds is 5. The Morgan fingerprint density at radius 2 is 2.11 bits per heavy atom. The van der Waals surface area contributed by atoms with E-state index in [-0.39, 0.29) is 17.6 Å². The van der Waals surface area contributed by atoms with E-state index < -0.39 is 6.10 Å². The lowest BCUT2D eigenvalue weighted by atomic mass is 9.88. The summed E-state index contributed by atoms with van der Waals surface area (Å²) in [5.41, 5.74) is 1.80. The fraction of sp³-hybridized carbons (Fsp3) is 0.409. The average Bonchev–Trinajstić information content (AvgIpc) is 2.59. The number of carbonyl (C=O) groups excluding carboxylic acids is 1. The van der Waals surface area contributed by atoms with E-state index in [1.54, 1.807) is 18.2 Å². The molecular weight excluding hydrogens is 362 g/mol. The molecule has 0 aliphatic carbocycles. The Morgan fingerprint density at radius 1 is 1.33 bits per heavy atom. The van der Waals surface area contributed by atoms with E-state index in [1.807, 2.05) is 45.9 Å². The highest BCUT2D eigenvalue weighted by atomic mass is 35.5. The summed E-state index contributed by atoms with van der Waals surface area (Å²) in [4.78, 5) is 12.9. The zero-order valence-corrected chi connectivity index (χ0v) is 17.0. The lowest BCUT2D eigenvalue weighted by molar-refractivity contribution is -0.129. The van der Waals surface area contributed by atoms with Gasteiger partial charge in [0.05, 0.1) is 6.04 Å². The first kappa shape index (κ1) is 19.6. The van der Waals surface area contributed by atoms with Gasteiger partial charge in [-0.1, -0.05) is 42.3 Å². The second-order valence-electron chi connectivity index (χ2n) is 7.64. The summed E-state index contributed by atoms with van der Waals surface area (Å²) in [5.74, 6) is 1.28. The Labute approximate surface area is 165 Å². The molecule has 5 heteroatoms. The highest BCUT2D eigenvalue weighted by molar-refractivity contribution is 6.30. The van der Waals surface area contributed by atoms with Gasteiger partial charge >= 0.3 is 0 Å². The van der Waals surface area contributed by atoms with E-state index in [0.717, 1.165) is 16.9 Å². The number of fused-ring (bicyclic) bond motifs is 1. The molecule has 144 valence electrons. The van der Waals surface area contributed by atoms with Gasteiger partial charge in [-0.25, -0.2) is 0 Å². The van der Waals surface area contributed by atoms with Gasteiger partial charge in [0.1, 0.15) is 17.1 Å². The minimum absolute atomic E-state index is 0.117. The second kappa shape index (κ2) is 7.81. The monoisotopic (exact) mass is 387 g/mol. The molecule has 27 heavy (non-hydrogen) atoms. The first-order valence-electron chi connectivity index (χ1n) is 9.29. The van der Waals surface area contributed by atoms with Crippen LogP contribution in [-0.2, 0) is 4.79 Å². The Kier molecular flexibility index (Phi) is 5.66. The van der Waals surface area contributed by atoms with Crippen molar-refractivity contribution in [2.24, 2.45) is 0 Å². The molecule has 0 spiro atoms. The van der Waals surface area contributed by atoms with Gasteiger partial charge in [-0.15, -0.1) is 0 Å². The molecule has 3 rings (SSSR count).